The molecule has 0 aromatic carbocycles. The van der Waals surface area contributed by atoms with Crippen LogP contribution in [0.15, 0.2) is 12.4 Å². The van der Waals surface area contributed by atoms with Gasteiger partial charge >= 0.3 is 0 Å². The zero-order valence-corrected chi connectivity index (χ0v) is 11.3. The molecule has 1 fully saturated rings. The lowest BCUT2D eigenvalue weighted by Crippen LogP contribution is -2.37. The molecule has 0 amide bonds. The Morgan fingerprint density at radius 2 is 2.11 bits per heavy atom. The van der Waals surface area contributed by atoms with E-state index < -0.39 is 0 Å². The topological polar surface area (TPSA) is 42.3 Å². The molecule has 5 nitrogen and oxygen atoms in total. The summed E-state index contributed by atoms with van der Waals surface area (Å²) in [6.07, 6.45) is 5.10. The number of ether oxygens (including phenoxy) is 1. The van der Waals surface area contributed by atoms with Gasteiger partial charge in [-0.25, -0.2) is 4.98 Å². The molecule has 1 aromatic rings. The molecule has 1 N–H and O–H groups in total. The van der Waals surface area contributed by atoms with Gasteiger partial charge in [-0.3, -0.25) is 4.90 Å². The van der Waals surface area contributed by atoms with Gasteiger partial charge in [0.05, 0.1) is 13.2 Å². The number of aromatic nitrogens is 2. The van der Waals surface area contributed by atoms with Crippen molar-refractivity contribution in [2.45, 2.75) is 19.9 Å². The highest BCUT2D eigenvalue weighted by atomic mass is 16.5. The molecular formula is C13H24N4O. The summed E-state index contributed by atoms with van der Waals surface area (Å²) < 4.78 is 7.51. The lowest BCUT2D eigenvalue weighted by Gasteiger charge is -2.26. The molecule has 0 spiro atoms. The van der Waals surface area contributed by atoms with E-state index in [0.717, 1.165) is 51.8 Å². The molecule has 0 saturated carbocycles. The van der Waals surface area contributed by atoms with E-state index in [9.17, 15) is 0 Å². The maximum Gasteiger partial charge on any atom is 0.105 e. The van der Waals surface area contributed by atoms with Crippen LogP contribution in [0.25, 0.3) is 0 Å². The molecule has 0 atom stereocenters. The van der Waals surface area contributed by atoms with Gasteiger partial charge < -0.3 is 14.6 Å². The molecule has 2 heterocycles. The summed E-state index contributed by atoms with van der Waals surface area (Å²) in [5.74, 6) is 1.09. The number of rotatable bonds is 7. The Bertz CT molecular complexity index is 333. The van der Waals surface area contributed by atoms with Crippen LogP contribution >= 0.6 is 0 Å². The number of hydrogen-bond donors (Lipinski definition) is 1. The van der Waals surface area contributed by atoms with Gasteiger partial charge in [-0.1, -0.05) is 0 Å². The number of morpholine rings is 1. The fourth-order valence-corrected chi connectivity index (χ4v) is 2.22. The maximum absolute atomic E-state index is 5.33. The van der Waals surface area contributed by atoms with E-state index in [1.807, 2.05) is 19.3 Å². The molecule has 0 radical (unpaired) electrons. The van der Waals surface area contributed by atoms with Crippen LogP contribution in [-0.2, 0) is 11.3 Å². The van der Waals surface area contributed by atoms with Gasteiger partial charge in [-0.15, -0.1) is 0 Å². The second-order valence-corrected chi connectivity index (χ2v) is 4.73. The van der Waals surface area contributed by atoms with Crippen LogP contribution in [0.5, 0.6) is 0 Å². The number of imidazole rings is 1. The first-order valence-electron chi connectivity index (χ1n) is 6.85. The summed E-state index contributed by atoms with van der Waals surface area (Å²) in [6, 6.07) is 0. The molecule has 1 saturated heterocycles. The summed E-state index contributed by atoms with van der Waals surface area (Å²) in [6.45, 7) is 10.3. The quantitative estimate of drug-likeness (QED) is 0.718. The van der Waals surface area contributed by atoms with Crippen LogP contribution in [0.3, 0.4) is 0 Å². The summed E-state index contributed by atoms with van der Waals surface area (Å²) in [4.78, 5) is 6.69. The minimum absolute atomic E-state index is 0.896. The summed E-state index contributed by atoms with van der Waals surface area (Å²) >= 11 is 0. The number of hydrogen-bond acceptors (Lipinski definition) is 4. The van der Waals surface area contributed by atoms with Crippen molar-refractivity contribution < 1.29 is 4.74 Å². The van der Waals surface area contributed by atoms with Gasteiger partial charge in [0.15, 0.2) is 0 Å². The average Bonchev–Trinajstić information content (AvgIpc) is 2.81. The van der Waals surface area contributed by atoms with E-state index in [1.165, 1.54) is 13.0 Å². The first kappa shape index (κ1) is 13.5. The second kappa shape index (κ2) is 7.51. The SMILES string of the molecule is Cc1nccn1CCNCCCN1CCOCC1. The molecule has 1 aliphatic rings. The molecule has 0 aliphatic carbocycles. The predicted octanol–water partition coefficient (Wildman–Crippen LogP) is 0.503. The van der Waals surface area contributed by atoms with Crippen LogP contribution in [0.2, 0.25) is 0 Å². The highest BCUT2D eigenvalue weighted by molar-refractivity contribution is 4.88. The van der Waals surface area contributed by atoms with Crippen molar-refractivity contribution in [3.8, 4) is 0 Å². The number of nitrogens with one attached hydrogen (secondary N) is 1. The van der Waals surface area contributed by atoms with Crippen molar-refractivity contribution in [3.05, 3.63) is 18.2 Å². The smallest absolute Gasteiger partial charge is 0.105 e. The van der Waals surface area contributed by atoms with Gasteiger partial charge in [-0.05, 0) is 26.4 Å². The minimum atomic E-state index is 0.896. The average molecular weight is 252 g/mol. The van der Waals surface area contributed by atoms with Crippen molar-refractivity contribution in [1.82, 2.24) is 19.8 Å². The van der Waals surface area contributed by atoms with E-state index >= 15 is 0 Å². The van der Waals surface area contributed by atoms with Gasteiger partial charge in [0, 0.05) is 38.6 Å². The first-order chi connectivity index (χ1) is 8.86. The molecule has 5 heteroatoms. The zero-order chi connectivity index (χ0) is 12.6. The predicted molar refractivity (Wildman–Crippen MR) is 71.7 cm³/mol. The van der Waals surface area contributed by atoms with Gasteiger partial charge in [-0.2, -0.15) is 0 Å². The Labute approximate surface area is 109 Å². The van der Waals surface area contributed by atoms with Gasteiger partial charge in [0.1, 0.15) is 5.82 Å². The zero-order valence-electron chi connectivity index (χ0n) is 11.3. The van der Waals surface area contributed by atoms with Crippen molar-refractivity contribution in [2.75, 3.05) is 45.9 Å². The normalized spacial score (nSPS) is 17.2. The van der Waals surface area contributed by atoms with E-state index in [-0.39, 0.29) is 0 Å². The largest absolute Gasteiger partial charge is 0.379 e. The Morgan fingerprint density at radius 1 is 1.28 bits per heavy atom. The van der Waals surface area contributed by atoms with Crippen LogP contribution in [0.4, 0.5) is 0 Å². The fraction of sp³-hybridized carbons (Fsp3) is 0.769. The Kier molecular flexibility index (Phi) is 5.64. The Balaban J connectivity index is 1.47. The van der Waals surface area contributed by atoms with Crippen LogP contribution in [-0.4, -0.2) is 60.4 Å². The third-order valence-corrected chi connectivity index (χ3v) is 3.38. The molecule has 18 heavy (non-hydrogen) atoms. The molecule has 102 valence electrons. The maximum atomic E-state index is 5.33. The number of aryl methyl sites for hydroxylation is 1. The van der Waals surface area contributed by atoms with Crippen molar-refractivity contribution >= 4 is 0 Å². The molecule has 0 bridgehead atoms. The molecular weight excluding hydrogens is 228 g/mol. The lowest BCUT2D eigenvalue weighted by molar-refractivity contribution is 0.0374. The lowest BCUT2D eigenvalue weighted by atomic mass is 10.3. The molecule has 2 rings (SSSR count). The third-order valence-electron chi connectivity index (χ3n) is 3.38. The minimum Gasteiger partial charge on any atom is -0.379 e. The Hall–Kier alpha value is -0.910. The summed E-state index contributed by atoms with van der Waals surface area (Å²) in [5, 5.41) is 3.48. The van der Waals surface area contributed by atoms with Crippen molar-refractivity contribution in [2.24, 2.45) is 0 Å². The monoisotopic (exact) mass is 252 g/mol. The van der Waals surface area contributed by atoms with Crippen LogP contribution in [0.1, 0.15) is 12.2 Å². The Morgan fingerprint density at radius 3 is 2.83 bits per heavy atom. The fourth-order valence-electron chi connectivity index (χ4n) is 2.22. The van der Waals surface area contributed by atoms with E-state index in [2.05, 4.69) is 19.8 Å². The van der Waals surface area contributed by atoms with Gasteiger partial charge in [0.2, 0.25) is 0 Å². The highest BCUT2D eigenvalue weighted by Gasteiger charge is 2.08. The molecule has 1 aliphatic heterocycles. The first-order valence-corrected chi connectivity index (χ1v) is 6.85. The molecule has 1 aromatic heterocycles. The van der Waals surface area contributed by atoms with E-state index in [4.69, 9.17) is 4.74 Å². The van der Waals surface area contributed by atoms with E-state index in [1.54, 1.807) is 0 Å². The standard InChI is InChI=1S/C13H24N4O/c1-13-15-5-8-17(13)7-4-14-3-2-6-16-9-11-18-12-10-16/h5,8,14H,2-4,6-7,9-12H2,1H3. The molecule has 0 unspecified atom stereocenters. The third kappa shape index (κ3) is 4.40. The summed E-state index contributed by atoms with van der Waals surface area (Å²) in [7, 11) is 0. The second-order valence-electron chi connectivity index (χ2n) is 4.73. The van der Waals surface area contributed by atoms with Crippen molar-refractivity contribution in [3.63, 3.8) is 0 Å². The van der Waals surface area contributed by atoms with Gasteiger partial charge in [0.25, 0.3) is 0 Å². The van der Waals surface area contributed by atoms with Crippen molar-refractivity contribution in [1.29, 1.82) is 0 Å². The van der Waals surface area contributed by atoms with E-state index in [0.29, 0.717) is 0 Å². The van der Waals surface area contributed by atoms with Crippen LogP contribution in [0, 0.1) is 6.92 Å². The summed E-state index contributed by atoms with van der Waals surface area (Å²) in [5.41, 5.74) is 0. The number of nitrogens with zero attached hydrogens (tertiary/aromatic N) is 3. The highest BCUT2D eigenvalue weighted by Crippen LogP contribution is 1.97. The van der Waals surface area contributed by atoms with Crippen LogP contribution < -0.4 is 5.32 Å².